The fraction of sp³-hybridized carbons (Fsp3) is 0.562. The minimum Gasteiger partial charge on any atom is -0.466 e. The Morgan fingerprint density at radius 2 is 2.06 bits per heavy atom. The maximum absolute atomic E-state index is 12.1. The first kappa shape index (κ1) is 13.1. The van der Waals surface area contributed by atoms with Gasteiger partial charge in [0.25, 0.3) is 0 Å². The molecule has 1 aromatic carbocycles. The Balaban J connectivity index is 2.27. The van der Waals surface area contributed by atoms with Crippen molar-refractivity contribution >= 4 is 5.97 Å². The first-order valence-electron chi connectivity index (χ1n) is 6.81. The Morgan fingerprint density at radius 1 is 1.39 bits per heavy atom. The zero-order valence-electron chi connectivity index (χ0n) is 11.5. The van der Waals surface area contributed by atoms with Gasteiger partial charge in [0.05, 0.1) is 12.5 Å². The van der Waals surface area contributed by atoms with Crippen LogP contribution >= 0.6 is 0 Å². The van der Waals surface area contributed by atoms with Crippen molar-refractivity contribution in [2.24, 2.45) is 5.92 Å². The highest BCUT2D eigenvalue weighted by atomic mass is 16.5. The molecule has 0 spiro atoms. The van der Waals surface area contributed by atoms with Crippen molar-refractivity contribution in [3.05, 3.63) is 35.4 Å². The summed E-state index contributed by atoms with van der Waals surface area (Å²) in [4.78, 5) is 12.1. The van der Waals surface area contributed by atoms with Gasteiger partial charge in [0.2, 0.25) is 0 Å². The van der Waals surface area contributed by atoms with Gasteiger partial charge in [-0.1, -0.05) is 43.2 Å². The average molecular weight is 246 g/mol. The smallest absolute Gasteiger partial charge is 0.309 e. The number of carbonyl (C=O) groups is 1. The van der Waals surface area contributed by atoms with E-state index in [4.69, 9.17) is 4.74 Å². The molecule has 2 rings (SSSR count). The second-order valence-electron chi connectivity index (χ2n) is 5.48. The van der Waals surface area contributed by atoms with Crippen molar-refractivity contribution in [3.63, 3.8) is 0 Å². The molecule has 2 heteroatoms. The van der Waals surface area contributed by atoms with E-state index in [-0.39, 0.29) is 17.3 Å². The molecule has 0 unspecified atom stereocenters. The summed E-state index contributed by atoms with van der Waals surface area (Å²) in [6, 6.07) is 8.57. The number of hydrogen-bond acceptors (Lipinski definition) is 2. The Hall–Kier alpha value is -1.31. The van der Waals surface area contributed by atoms with E-state index in [0.717, 1.165) is 19.3 Å². The van der Waals surface area contributed by atoms with E-state index in [9.17, 15) is 4.79 Å². The van der Waals surface area contributed by atoms with Gasteiger partial charge >= 0.3 is 5.97 Å². The summed E-state index contributed by atoms with van der Waals surface area (Å²) < 4.78 is 5.23. The summed E-state index contributed by atoms with van der Waals surface area (Å²) in [6.45, 7) is 6.63. The number of benzene rings is 1. The van der Waals surface area contributed by atoms with Crippen LogP contribution in [0.5, 0.6) is 0 Å². The van der Waals surface area contributed by atoms with Crippen LogP contribution in [0, 0.1) is 12.8 Å². The van der Waals surface area contributed by atoms with Crippen LogP contribution < -0.4 is 0 Å². The molecule has 1 saturated carbocycles. The summed E-state index contributed by atoms with van der Waals surface area (Å²) in [5.74, 6) is -0.0155. The van der Waals surface area contributed by atoms with Gasteiger partial charge in [0, 0.05) is 5.41 Å². The predicted molar refractivity (Wildman–Crippen MR) is 72.5 cm³/mol. The van der Waals surface area contributed by atoms with Crippen LogP contribution in [-0.2, 0) is 14.9 Å². The third-order valence-corrected chi connectivity index (χ3v) is 4.24. The number of aryl methyl sites for hydroxylation is 1. The van der Waals surface area contributed by atoms with Crippen LogP contribution in [-0.4, -0.2) is 12.6 Å². The molecule has 0 radical (unpaired) electrons. The highest BCUT2D eigenvalue weighted by Gasteiger charge is 2.44. The summed E-state index contributed by atoms with van der Waals surface area (Å²) in [7, 11) is 0. The normalized spacial score (nSPS) is 27.2. The van der Waals surface area contributed by atoms with Gasteiger partial charge < -0.3 is 4.74 Å². The third kappa shape index (κ3) is 2.29. The maximum Gasteiger partial charge on any atom is 0.309 e. The van der Waals surface area contributed by atoms with Gasteiger partial charge in [-0.05, 0) is 32.3 Å². The molecular weight excluding hydrogens is 224 g/mol. The van der Waals surface area contributed by atoms with Crippen LogP contribution in [0.2, 0.25) is 0 Å². The van der Waals surface area contributed by atoms with Crippen molar-refractivity contribution < 1.29 is 9.53 Å². The van der Waals surface area contributed by atoms with E-state index in [1.54, 1.807) is 0 Å². The molecule has 0 amide bonds. The lowest BCUT2D eigenvalue weighted by molar-refractivity contribution is -0.149. The van der Waals surface area contributed by atoms with E-state index in [1.807, 2.05) is 6.92 Å². The standard InChI is InChI=1S/C16H22O2/c1-4-18-15(17)14-6-5-11-16(14,3)13-9-7-12(2)8-10-13/h7-10,14H,4-6,11H2,1-3H3/t14-,16-/m0/s1. The summed E-state index contributed by atoms with van der Waals surface area (Å²) in [5.41, 5.74) is 2.47. The molecule has 1 aromatic rings. The monoisotopic (exact) mass is 246 g/mol. The Bertz CT molecular complexity index is 421. The number of ether oxygens (including phenoxy) is 1. The van der Waals surface area contributed by atoms with Crippen LogP contribution in [0.1, 0.15) is 44.2 Å². The van der Waals surface area contributed by atoms with Crippen LogP contribution in [0.4, 0.5) is 0 Å². The number of hydrogen-bond donors (Lipinski definition) is 0. The topological polar surface area (TPSA) is 26.3 Å². The van der Waals surface area contributed by atoms with E-state index in [1.165, 1.54) is 11.1 Å². The van der Waals surface area contributed by atoms with Gasteiger partial charge in [0.15, 0.2) is 0 Å². The summed E-state index contributed by atoms with van der Waals surface area (Å²) in [6.07, 6.45) is 3.12. The van der Waals surface area contributed by atoms with Gasteiger partial charge in [-0.3, -0.25) is 4.79 Å². The van der Waals surface area contributed by atoms with Gasteiger partial charge in [-0.15, -0.1) is 0 Å². The first-order chi connectivity index (χ1) is 8.58. The fourth-order valence-corrected chi connectivity index (χ4v) is 3.07. The average Bonchev–Trinajstić information content (AvgIpc) is 2.73. The molecule has 1 aliphatic carbocycles. The maximum atomic E-state index is 12.1. The zero-order valence-corrected chi connectivity index (χ0v) is 11.5. The molecule has 0 N–H and O–H groups in total. The van der Waals surface area contributed by atoms with Crippen LogP contribution in [0.25, 0.3) is 0 Å². The van der Waals surface area contributed by atoms with E-state index in [2.05, 4.69) is 38.1 Å². The molecular formula is C16H22O2. The van der Waals surface area contributed by atoms with E-state index < -0.39 is 0 Å². The minimum atomic E-state index is -0.0556. The SMILES string of the molecule is CCOC(=O)[C@@H]1CCC[C@@]1(C)c1ccc(C)cc1. The second kappa shape index (κ2) is 5.13. The highest BCUT2D eigenvalue weighted by molar-refractivity contribution is 5.75. The van der Waals surface area contributed by atoms with Crippen LogP contribution in [0.3, 0.4) is 0 Å². The summed E-state index contributed by atoms with van der Waals surface area (Å²) in [5, 5.41) is 0. The van der Waals surface area contributed by atoms with Crippen molar-refractivity contribution in [2.75, 3.05) is 6.61 Å². The van der Waals surface area contributed by atoms with Crippen molar-refractivity contribution in [3.8, 4) is 0 Å². The molecule has 1 fully saturated rings. The van der Waals surface area contributed by atoms with Gasteiger partial charge in [0.1, 0.15) is 0 Å². The molecule has 1 aliphatic rings. The molecule has 0 heterocycles. The molecule has 0 aromatic heterocycles. The minimum absolute atomic E-state index is 0.0140. The Kier molecular flexibility index (Phi) is 3.74. The van der Waals surface area contributed by atoms with Crippen molar-refractivity contribution in [1.29, 1.82) is 0 Å². The lowest BCUT2D eigenvalue weighted by Crippen LogP contribution is -2.33. The Morgan fingerprint density at radius 3 is 2.67 bits per heavy atom. The Labute approximate surface area is 109 Å². The molecule has 2 atom stereocenters. The zero-order chi connectivity index (χ0) is 13.2. The lowest BCUT2D eigenvalue weighted by Gasteiger charge is -2.30. The van der Waals surface area contributed by atoms with Crippen molar-refractivity contribution in [1.82, 2.24) is 0 Å². The summed E-state index contributed by atoms with van der Waals surface area (Å²) >= 11 is 0. The van der Waals surface area contributed by atoms with E-state index >= 15 is 0 Å². The second-order valence-corrected chi connectivity index (χ2v) is 5.48. The number of carbonyl (C=O) groups excluding carboxylic acids is 1. The van der Waals surface area contributed by atoms with Gasteiger partial charge in [-0.25, -0.2) is 0 Å². The van der Waals surface area contributed by atoms with Gasteiger partial charge in [-0.2, -0.15) is 0 Å². The highest BCUT2D eigenvalue weighted by Crippen LogP contribution is 2.46. The fourth-order valence-electron chi connectivity index (χ4n) is 3.07. The first-order valence-corrected chi connectivity index (χ1v) is 6.81. The molecule has 0 bridgehead atoms. The van der Waals surface area contributed by atoms with E-state index in [0.29, 0.717) is 6.61 Å². The lowest BCUT2D eigenvalue weighted by atomic mass is 9.74. The molecule has 0 aliphatic heterocycles. The predicted octanol–water partition coefficient (Wildman–Crippen LogP) is 3.62. The van der Waals surface area contributed by atoms with Crippen LogP contribution in [0.15, 0.2) is 24.3 Å². The number of esters is 1. The van der Waals surface area contributed by atoms with Crippen molar-refractivity contribution in [2.45, 2.75) is 45.4 Å². The molecule has 0 saturated heterocycles. The molecule has 2 nitrogen and oxygen atoms in total. The number of rotatable bonds is 3. The largest absolute Gasteiger partial charge is 0.466 e. The quantitative estimate of drug-likeness (QED) is 0.761. The molecule has 18 heavy (non-hydrogen) atoms. The molecule has 98 valence electrons. The third-order valence-electron chi connectivity index (χ3n) is 4.24.